The van der Waals surface area contributed by atoms with Crippen LogP contribution in [0.1, 0.15) is 15.9 Å². The summed E-state index contributed by atoms with van der Waals surface area (Å²) < 4.78 is 1.40. The van der Waals surface area contributed by atoms with Gasteiger partial charge in [-0.1, -0.05) is 0 Å². The van der Waals surface area contributed by atoms with Gasteiger partial charge < -0.3 is 5.11 Å². The third kappa shape index (κ3) is 1.93. The molecular formula is C11H9N3O4. The van der Waals surface area contributed by atoms with E-state index in [4.69, 9.17) is 5.11 Å². The van der Waals surface area contributed by atoms with Gasteiger partial charge in [0.1, 0.15) is 0 Å². The number of nitrogens with zero attached hydrogens (tertiary/aromatic N) is 3. The van der Waals surface area contributed by atoms with Crippen molar-refractivity contribution in [2.24, 2.45) is 0 Å². The summed E-state index contributed by atoms with van der Waals surface area (Å²) in [7, 11) is 0. The highest BCUT2D eigenvalue weighted by Crippen LogP contribution is 2.26. The molecule has 7 heteroatoms. The predicted molar refractivity (Wildman–Crippen MR) is 61.9 cm³/mol. The fraction of sp³-hybridized carbons (Fsp3) is 0.0909. The number of aromatic carboxylic acids is 1. The number of carboxylic acid groups (broad SMARTS) is 1. The van der Waals surface area contributed by atoms with E-state index in [0.29, 0.717) is 11.3 Å². The summed E-state index contributed by atoms with van der Waals surface area (Å²) in [5.74, 6) is -1.22. The van der Waals surface area contributed by atoms with Crippen LogP contribution in [0.3, 0.4) is 0 Å². The maximum atomic E-state index is 11.0. The van der Waals surface area contributed by atoms with Crippen molar-refractivity contribution in [1.29, 1.82) is 0 Å². The number of aromatic nitrogens is 2. The lowest BCUT2D eigenvalue weighted by atomic mass is 10.1. The minimum absolute atomic E-state index is 0.141. The molecule has 0 fully saturated rings. The summed E-state index contributed by atoms with van der Waals surface area (Å²) in [5.41, 5.74) is 0.374. The zero-order valence-electron chi connectivity index (χ0n) is 9.40. The van der Waals surface area contributed by atoms with Gasteiger partial charge in [-0.05, 0) is 19.1 Å². The molecule has 1 N–H and O–H groups in total. The van der Waals surface area contributed by atoms with Crippen LogP contribution in [0, 0.1) is 17.0 Å². The maximum Gasteiger partial charge on any atom is 0.336 e. The van der Waals surface area contributed by atoms with Gasteiger partial charge in [-0.3, -0.25) is 10.1 Å². The van der Waals surface area contributed by atoms with Gasteiger partial charge in [-0.2, -0.15) is 5.10 Å². The van der Waals surface area contributed by atoms with Crippen molar-refractivity contribution in [3.05, 3.63) is 51.8 Å². The highest BCUT2D eigenvalue weighted by atomic mass is 16.6. The normalized spacial score (nSPS) is 10.3. The van der Waals surface area contributed by atoms with Gasteiger partial charge in [0.2, 0.25) is 0 Å². The van der Waals surface area contributed by atoms with Crippen molar-refractivity contribution in [2.75, 3.05) is 0 Å². The van der Waals surface area contributed by atoms with Crippen LogP contribution in [0.4, 0.5) is 5.69 Å². The van der Waals surface area contributed by atoms with Crippen molar-refractivity contribution >= 4 is 11.7 Å². The number of benzene rings is 1. The second kappa shape index (κ2) is 4.28. The van der Waals surface area contributed by atoms with Crippen LogP contribution in [0.25, 0.3) is 5.69 Å². The summed E-state index contributed by atoms with van der Waals surface area (Å²) in [5, 5.41) is 23.8. The van der Waals surface area contributed by atoms with E-state index in [1.807, 2.05) is 0 Å². The lowest BCUT2D eigenvalue weighted by Gasteiger charge is -2.08. The molecule has 92 valence electrons. The van der Waals surface area contributed by atoms with Crippen LogP contribution in [-0.4, -0.2) is 25.8 Å². The Hall–Kier alpha value is -2.70. The quantitative estimate of drug-likeness (QED) is 0.658. The van der Waals surface area contributed by atoms with Gasteiger partial charge >= 0.3 is 5.97 Å². The van der Waals surface area contributed by atoms with Crippen molar-refractivity contribution in [3.63, 3.8) is 0 Å². The maximum absolute atomic E-state index is 11.0. The van der Waals surface area contributed by atoms with Gasteiger partial charge in [0, 0.05) is 18.5 Å². The highest BCUT2D eigenvalue weighted by Gasteiger charge is 2.19. The third-order valence-corrected chi connectivity index (χ3v) is 2.55. The van der Waals surface area contributed by atoms with E-state index in [-0.39, 0.29) is 11.3 Å². The van der Waals surface area contributed by atoms with E-state index in [2.05, 4.69) is 5.10 Å². The van der Waals surface area contributed by atoms with E-state index in [1.54, 1.807) is 19.2 Å². The number of nitro benzene ring substituents is 1. The topological polar surface area (TPSA) is 98.3 Å². The summed E-state index contributed by atoms with van der Waals surface area (Å²) in [6, 6.07) is 4.06. The second-order valence-corrected chi connectivity index (χ2v) is 3.65. The monoisotopic (exact) mass is 247 g/mol. The third-order valence-electron chi connectivity index (χ3n) is 2.55. The van der Waals surface area contributed by atoms with E-state index in [1.165, 1.54) is 16.9 Å². The second-order valence-electron chi connectivity index (χ2n) is 3.65. The largest absolute Gasteiger partial charge is 0.478 e. The molecule has 0 aliphatic heterocycles. The van der Waals surface area contributed by atoms with E-state index < -0.39 is 10.9 Å². The predicted octanol–water partition coefficient (Wildman–Crippen LogP) is 1.79. The van der Waals surface area contributed by atoms with Crippen molar-refractivity contribution < 1.29 is 14.8 Å². The van der Waals surface area contributed by atoms with Crippen molar-refractivity contribution in [1.82, 2.24) is 9.78 Å². The molecular weight excluding hydrogens is 238 g/mol. The average molecular weight is 247 g/mol. The Bertz CT molecular complexity index is 619. The molecule has 0 saturated carbocycles. The average Bonchev–Trinajstić information content (AvgIpc) is 2.81. The standard InChI is InChI=1S/C11H9N3O4/c1-7-9(13-4-2-3-12-13)5-8(11(15)16)6-10(7)14(17)18/h2-6H,1H3,(H,15,16). The molecule has 0 aliphatic rings. The first kappa shape index (κ1) is 11.8. The van der Waals surface area contributed by atoms with Crippen LogP contribution in [0.2, 0.25) is 0 Å². The Morgan fingerprint density at radius 2 is 2.22 bits per heavy atom. The summed E-state index contributed by atoms with van der Waals surface area (Å²) in [6.07, 6.45) is 3.11. The van der Waals surface area contributed by atoms with E-state index in [0.717, 1.165) is 6.07 Å². The van der Waals surface area contributed by atoms with Crippen molar-refractivity contribution in [3.8, 4) is 5.69 Å². The van der Waals surface area contributed by atoms with Crippen molar-refractivity contribution in [2.45, 2.75) is 6.92 Å². The molecule has 7 nitrogen and oxygen atoms in total. The molecule has 1 aromatic heterocycles. The molecule has 0 aliphatic carbocycles. The molecule has 0 atom stereocenters. The van der Waals surface area contributed by atoms with Crippen LogP contribution >= 0.6 is 0 Å². The number of rotatable bonds is 3. The number of carboxylic acids is 1. The Kier molecular flexibility index (Phi) is 2.80. The molecule has 0 unspecified atom stereocenters. The van der Waals surface area contributed by atoms with Crippen LogP contribution in [0.15, 0.2) is 30.6 Å². The molecule has 1 heterocycles. The molecule has 0 radical (unpaired) electrons. The molecule has 0 spiro atoms. The fourth-order valence-corrected chi connectivity index (χ4v) is 1.65. The summed E-state index contributed by atoms with van der Waals surface area (Å²) >= 11 is 0. The minimum Gasteiger partial charge on any atom is -0.478 e. The summed E-state index contributed by atoms with van der Waals surface area (Å²) in [6.45, 7) is 1.56. The number of hydrogen-bond acceptors (Lipinski definition) is 4. The number of hydrogen-bond donors (Lipinski definition) is 1. The van der Waals surface area contributed by atoms with E-state index >= 15 is 0 Å². The van der Waals surface area contributed by atoms with Crippen LogP contribution in [0.5, 0.6) is 0 Å². The Morgan fingerprint density at radius 1 is 1.50 bits per heavy atom. The summed E-state index contributed by atoms with van der Waals surface area (Å²) in [4.78, 5) is 21.3. The molecule has 0 bridgehead atoms. The molecule has 0 amide bonds. The minimum atomic E-state index is -1.22. The lowest BCUT2D eigenvalue weighted by Crippen LogP contribution is -2.06. The Morgan fingerprint density at radius 3 is 2.72 bits per heavy atom. The first-order chi connectivity index (χ1) is 8.50. The van der Waals surface area contributed by atoms with Gasteiger partial charge in [0.05, 0.1) is 21.7 Å². The first-order valence-corrected chi connectivity index (χ1v) is 5.03. The zero-order chi connectivity index (χ0) is 13.3. The zero-order valence-corrected chi connectivity index (χ0v) is 9.40. The van der Waals surface area contributed by atoms with Crippen LogP contribution in [-0.2, 0) is 0 Å². The molecule has 0 saturated heterocycles. The van der Waals surface area contributed by atoms with Gasteiger partial charge in [-0.25, -0.2) is 9.48 Å². The molecule has 2 rings (SSSR count). The lowest BCUT2D eigenvalue weighted by molar-refractivity contribution is -0.385. The van der Waals surface area contributed by atoms with Gasteiger partial charge in [-0.15, -0.1) is 0 Å². The fourth-order valence-electron chi connectivity index (χ4n) is 1.65. The molecule has 18 heavy (non-hydrogen) atoms. The number of carbonyl (C=O) groups is 1. The van der Waals surface area contributed by atoms with Gasteiger partial charge in [0.25, 0.3) is 5.69 Å². The first-order valence-electron chi connectivity index (χ1n) is 5.03. The highest BCUT2D eigenvalue weighted by molar-refractivity contribution is 5.89. The Balaban J connectivity index is 2.72. The Labute approximate surface area is 101 Å². The SMILES string of the molecule is Cc1c(-n2cccn2)cc(C(=O)O)cc1[N+](=O)[O-]. The van der Waals surface area contributed by atoms with Gasteiger partial charge in [0.15, 0.2) is 0 Å². The number of nitro groups is 1. The van der Waals surface area contributed by atoms with E-state index in [9.17, 15) is 14.9 Å². The van der Waals surface area contributed by atoms with Crippen LogP contribution < -0.4 is 0 Å². The molecule has 2 aromatic rings. The smallest absolute Gasteiger partial charge is 0.336 e. The molecule has 1 aromatic carbocycles.